The zero-order valence-corrected chi connectivity index (χ0v) is 29.2. The predicted octanol–water partition coefficient (Wildman–Crippen LogP) is 10.2. The van der Waals surface area contributed by atoms with Crippen LogP contribution in [0.2, 0.25) is 0 Å². The molecule has 0 unspecified atom stereocenters. The molecule has 0 spiro atoms. The van der Waals surface area contributed by atoms with Crippen LogP contribution in [-0.2, 0) is 22.3 Å². The topological polar surface area (TPSA) is 94.6 Å². The molecule has 2 aromatic heterocycles. The number of ether oxygens (including phenoxy) is 2. The molecule has 0 atom stereocenters. The van der Waals surface area contributed by atoms with E-state index in [2.05, 4.69) is 39.1 Å². The SMILES string of the molecule is C.CC(C)C.CCC(=O)c1cc2cc3c(nc2s1)CCCC3.CCCCNC(=O)OC(C)(C)C.CCOC(=O)c1ccccc1. The number of carbonyl (C=O) groups is 3. The molecule has 1 aliphatic rings. The number of hydrogen-bond acceptors (Lipinski definition) is 7. The van der Waals surface area contributed by atoms with Crippen molar-refractivity contribution in [2.75, 3.05) is 13.2 Å². The molecule has 4 rings (SSSR count). The summed E-state index contributed by atoms with van der Waals surface area (Å²) in [5.74, 6) is 0.805. The first kappa shape index (κ1) is 41.7. The molecular weight excluding hydrogens is 584 g/mol. The van der Waals surface area contributed by atoms with E-state index in [0.29, 0.717) is 25.1 Å². The molecule has 45 heavy (non-hydrogen) atoms. The number of hydrogen-bond donors (Lipinski definition) is 1. The van der Waals surface area contributed by atoms with Crippen LogP contribution in [0.25, 0.3) is 10.2 Å². The van der Waals surface area contributed by atoms with Crippen LogP contribution in [0.5, 0.6) is 0 Å². The first-order valence-electron chi connectivity index (χ1n) is 16.0. The number of rotatable bonds is 7. The van der Waals surface area contributed by atoms with Gasteiger partial charge in [0, 0.05) is 24.0 Å². The number of nitrogens with zero attached hydrogens (tertiary/aromatic N) is 1. The van der Waals surface area contributed by atoms with E-state index in [1.54, 1.807) is 30.4 Å². The molecule has 0 saturated heterocycles. The molecule has 2 heterocycles. The number of unbranched alkanes of at least 4 members (excludes halogenated alkanes) is 1. The number of nitrogens with one attached hydrogen (secondary N) is 1. The summed E-state index contributed by atoms with van der Waals surface area (Å²) in [6.45, 7) is 19.0. The lowest BCUT2D eigenvalue weighted by Gasteiger charge is -2.19. The maximum Gasteiger partial charge on any atom is 0.407 e. The Balaban J connectivity index is 0.000000620. The number of esters is 1. The second-order valence-electron chi connectivity index (χ2n) is 12.2. The van der Waals surface area contributed by atoms with Crippen molar-refractivity contribution in [3.63, 3.8) is 0 Å². The lowest BCUT2D eigenvalue weighted by molar-refractivity contribution is 0.0516. The summed E-state index contributed by atoms with van der Waals surface area (Å²) in [6.07, 6.45) is 7.09. The van der Waals surface area contributed by atoms with Crippen LogP contribution in [0.1, 0.15) is 133 Å². The first-order chi connectivity index (χ1) is 20.8. The number of amides is 1. The van der Waals surface area contributed by atoms with Crippen LogP contribution in [-0.4, -0.2) is 41.6 Å². The van der Waals surface area contributed by atoms with Crippen LogP contribution < -0.4 is 5.32 Å². The molecule has 1 aliphatic carbocycles. The summed E-state index contributed by atoms with van der Waals surface area (Å²) >= 11 is 1.54. The molecule has 8 heteroatoms. The van der Waals surface area contributed by atoms with Crippen molar-refractivity contribution in [1.29, 1.82) is 0 Å². The van der Waals surface area contributed by atoms with Crippen molar-refractivity contribution in [3.8, 4) is 0 Å². The van der Waals surface area contributed by atoms with Gasteiger partial charge in [0.05, 0.1) is 17.0 Å². The van der Waals surface area contributed by atoms with Gasteiger partial charge in [-0.15, -0.1) is 11.3 Å². The van der Waals surface area contributed by atoms with Crippen molar-refractivity contribution in [2.24, 2.45) is 5.92 Å². The third-order valence-electron chi connectivity index (χ3n) is 5.87. The minimum atomic E-state index is -0.393. The van der Waals surface area contributed by atoms with Gasteiger partial charge in [0.1, 0.15) is 10.4 Å². The molecule has 0 bridgehead atoms. The van der Waals surface area contributed by atoms with Gasteiger partial charge in [-0.2, -0.15) is 0 Å². The number of carbonyl (C=O) groups excluding carboxylic acids is 3. The monoisotopic (exact) mass is 642 g/mol. The second-order valence-corrected chi connectivity index (χ2v) is 13.2. The standard InChI is InChI=1S/C14H15NOS.C9H19NO2.C9H10O2.C4H10.CH4/c1-2-12(16)13-8-10-7-9-5-3-4-6-11(9)15-14(10)17-13;1-5-6-7-10-8(11)12-9(2,3)4;1-2-11-9(10)8-6-4-3-5-7-8;1-4(2)3;/h7-8H,2-6H2,1H3;5-7H2,1-4H3,(H,10,11);3-7H,2H2,1H3;4H,1-3H3;1H4. The van der Waals surface area contributed by atoms with Gasteiger partial charge in [-0.05, 0) is 95.5 Å². The molecule has 7 nitrogen and oxygen atoms in total. The summed E-state index contributed by atoms with van der Waals surface area (Å²) in [5.41, 5.74) is 2.85. The van der Waals surface area contributed by atoms with Crippen LogP contribution in [0.4, 0.5) is 4.79 Å². The highest BCUT2D eigenvalue weighted by Crippen LogP contribution is 2.29. The summed E-state index contributed by atoms with van der Waals surface area (Å²) in [5, 5.41) is 3.82. The summed E-state index contributed by atoms with van der Waals surface area (Å²) < 4.78 is 9.82. The quantitative estimate of drug-likeness (QED) is 0.157. The van der Waals surface area contributed by atoms with Gasteiger partial charge in [-0.1, -0.05) is 66.7 Å². The summed E-state index contributed by atoms with van der Waals surface area (Å²) in [4.78, 5) is 40.3. The molecule has 0 saturated carbocycles. The highest BCUT2D eigenvalue weighted by atomic mass is 32.1. The number of ketones is 1. The molecule has 252 valence electrons. The van der Waals surface area contributed by atoms with Gasteiger partial charge in [-0.25, -0.2) is 14.6 Å². The lowest BCUT2D eigenvalue weighted by Crippen LogP contribution is -2.32. The molecule has 1 N–H and O–H groups in total. The van der Waals surface area contributed by atoms with Gasteiger partial charge in [0.2, 0.25) is 0 Å². The zero-order chi connectivity index (χ0) is 33.1. The molecular formula is C37H58N2O5S. The highest BCUT2D eigenvalue weighted by molar-refractivity contribution is 7.20. The number of aromatic nitrogens is 1. The van der Waals surface area contributed by atoms with Crippen LogP contribution in [0.3, 0.4) is 0 Å². The molecule has 3 aromatic rings. The Morgan fingerprint density at radius 2 is 1.60 bits per heavy atom. The fourth-order valence-corrected chi connectivity index (χ4v) is 4.92. The summed E-state index contributed by atoms with van der Waals surface area (Å²) in [7, 11) is 0. The van der Waals surface area contributed by atoms with Gasteiger partial charge in [-0.3, -0.25) is 4.79 Å². The average molecular weight is 643 g/mol. The van der Waals surface area contributed by atoms with E-state index in [9.17, 15) is 14.4 Å². The predicted molar refractivity (Wildman–Crippen MR) is 190 cm³/mol. The molecule has 0 radical (unpaired) electrons. The number of alkyl carbamates (subject to hydrolysis) is 1. The Labute approximate surface area is 276 Å². The number of Topliss-reactive ketones (excluding diaryl/α,β-unsaturated/α-hetero) is 1. The van der Waals surface area contributed by atoms with Gasteiger partial charge < -0.3 is 14.8 Å². The second kappa shape index (κ2) is 22.3. The molecule has 0 fully saturated rings. The highest BCUT2D eigenvalue weighted by Gasteiger charge is 2.16. The van der Waals surface area contributed by atoms with E-state index < -0.39 is 5.60 Å². The zero-order valence-electron chi connectivity index (χ0n) is 28.4. The minimum Gasteiger partial charge on any atom is -0.462 e. The molecule has 0 aliphatic heterocycles. The van der Waals surface area contributed by atoms with E-state index >= 15 is 0 Å². The number of fused-ring (bicyclic) bond motifs is 2. The number of pyridine rings is 1. The number of benzene rings is 1. The van der Waals surface area contributed by atoms with Gasteiger partial charge in [0.25, 0.3) is 0 Å². The van der Waals surface area contributed by atoms with Crippen LogP contribution >= 0.6 is 11.3 Å². The van der Waals surface area contributed by atoms with Crippen molar-refractivity contribution in [1.82, 2.24) is 10.3 Å². The Bertz CT molecular complexity index is 1230. The van der Waals surface area contributed by atoms with Crippen LogP contribution in [0.15, 0.2) is 42.5 Å². The minimum absolute atomic E-state index is 0. The third kappa shape index (κ3) is 17.7. The maximum absolute atomic E-state index is 11.7. The largest absolute Gasteiger partial charge is 0.462 e. The fourth-order valence-electron chi connectivity index (χ4n) is 3.87. The summed E-state index contributed by atoms with van der Waals surface area (Å²) in [6, 6.07) is 13.2. The van der Waals surface area contributed by atoms with Gasteiger partial charge >= 0.3 is 12.1 Å². The van der Waals surface area contributed by atoms with Crippen molar-refractivity contribution in [2.45, 2.75) is 120 Å². The van der Waals surface area contributed by atoms with E-state index in [-0.39, 0.29) is 25.3 Å². The number of thiophene rings is 1. The normalized spacial score (nSPS) is 11.6. The molecule has 1 aromatic carbocycles. The first-order valence-corrected chi connectivity index (χ1v) is 16.8. The van der Waals surface area contributed by atoms with E-state index in [0.717, 1.165) is 46.7 Å². The Hall–Kier alpha value is -3.26. The lowest BCUT2D eigenvalue weighted by atomic mass is 9.95. The van der Waals surface area contributed by atoms with E-state index in [4.69, 9.17) is 14.5 Å². The van der Waals surface area contributed by atoms with E-state index in [1.807, 2.05) is 52.0 Å². The average Bonchev–Trinajstić information content (AvgIpc) is 3.38. The Morgan fingerprint density at radius 3 is 2.16 bits per heavy atom. The van der Waals surface area contributed by atoms with E-state index in [1.165, 1.54) is 24.1 Å². The number of aryl methyl sites for hydroxylation is 2. The van der Waals surface area contributed by atoms with Crippen molar-refractivity contribution >= 4 is 39.4 Å². The van der Waals surface area contributed by atoms with Gasteiger partial charge in [0.15, 0.2) is 5.78 Å². The molecule has 1 amide bonds. The Morgan fingerprint density at radius 1 is 0.978 bits per heavy atom. The van der Waals surface area contributed by atoms with Crippen molar-refractivity contribution < 1.29 is 23.9 Å². The maximum atomic E-state index is 11.7. The third-order valence-corrected chi connectivity index (χ3v) is 6.95. The van der Waals surface area contributed by atoms with Crippen LogP contribution in [0, 0.1) is 5.92 Å². The smallest absolute Gasteiger partial charge is 0.407 e. The fraction of sp³-hybridized carbons (Fsp3) is 0.568. The Kier molecular flexibility index (Phi) is 20.7. The van der Waals surface area contributed by atoms with Crippen molar-refractivity contribution in [3.05, 3.63) is 64.2 Å².